The zero-order chi connectivity index (χ0) is 11.9. The van der Waals surface area contributed by atoms with Crippen molar-refractivity contribution in [2.24, 2.45) is 11.8 Å². The summed E-state index contributed by atoms with van der Waals surface area (Å²) in [4.78, 5) is 0. The molecular weight excluding hydrogens is 208 g/mol. The van der Waals surface area contributed by atoms with Crippen molar-refractivity contribution < 1.29 is 8.42 Å². The maximum absolute atomic E-state index is 11.4. The maximum Gasteiger partial charge on any atom is 0.192 e. The van der Waals surface area contributed by atoms with Crippen LogP contribution in [0.25, 0.3) is 0 Å². The lowest BCUT2D eigenvalue weighted by Gasteiger charge is -1.97. The fourth-order valence-corrected chi connectivity index (χ4v) is 1.82. The van der Waals surface area contributed by atoms with Gasteiger partial charge in [-0.3, -0.25) is 0 Å². The summed E-state index contributed by atoms with van der Waals surface area (Å²) in [6.45, 7) is 8.24. The Balaban J connectivity index is 4.19. The molecule has 0 rings (SSSR count). The molecule has 0 aliphatic carbocycles. The van der Waals surface area contributed by atoms with Gasteiger partial charge in [0.1, 0.15) is 0 Å². The van der Waals surface area contributed by atoms with Crippen molar-refractivity contribution in [1.82, 2.24) is 0 Å². The summed E-state index contributed by atoms with van der Waals surface area (Å²) >= 11 is 0. The first-order valence-corrected chi connectivity index (χ1v) is 7.02. The number of hydrogen-bond acceptors (Lipinski definition) is 2. The van der Waals surface area contributed by atoms with E-state index in [0.29, 0.717) is 11.8 Å². The smallest absolute Gasteiger partial charge is 0.192 e. The van der Waals surface area contributed by atoms with Gasteiger partial charge in [-0.15, -0.1) is 0 Å². The molecule has 0 radical (unpaired) electrons. The average Bonchev–Trinajstić information content (AvgIpc) is 2.01. The molecule has 2 nitrogen and oxygen atoms in total. The molecule has 0 atom stereocenters. The van der Waals surface area contributed by atoms with Crippen LogP contribution in [0.4, 0.5) is 0 Å². The second-order valence-corrected chi connectivity index (χ2v) is 6.31. The average molecular weight is 230 g/mol. The van der Waals surface area contributed by atoms with E-state index in [0.717, 1.165) is 12.8 Å². The van der Waals surface area contributed by atoms with Gasteiger partial charge in [-0.05, 0) is 24.7 Å². The highest BCUT2D eigenvalue weighted by atomic mass is 32.2. The van der Waals surface area contributed by atoms with Gasteiger partial charge in [0.2, 0.25) is 0 Å². The molecular formula is C12H22O2S. The number of sulfone groups is 1. The van der Waals surface area contributed by atoms with Crippen molar-refractivity contribution in [1.29, 1.82) is 0 Å². The minimum absolute atomic E-state index is 0.496. The van der Waals surface area contributed by atoms with E-state index in [-0.39, 0.29) is 0 Å². The molecule has 0 aromatic heterocycles. The zero-order valence-corrected chi connectivity index (χ0v) is 10.9. The number of hydrogen-bond donors (Lipinski definition) is 0. The first-order chi connectivity index (χ1) is 6.83. The molecule has 0 saturated heterocycles. The Labute approximate surface area is 94.0 Å². The molecule has 3 heteroatoms. The van der Waals surface area contributed by atoms with Crippen LogP contribution in [0.15, 0.2) is 23.0 Å². The number of rotatable bonds is 6. The normalized spacial score (nSPS) is 13.7. The zero-order valence-electron chi connectivity index (χ0n) is 10.1. The van der Waals surface area contributed by atoms with Gasteiger partial charge in [0, 0.05) is 10.8 Å². The van der Waals surface area contributed by atoms with E-state index < -0.39 is 9.84 Å². The Morgan fingerprint density at radius 2 is 1.20 bits per heavy atom. The van der Waals surface area contributed by atoms with Gasteiger partial charge in [-0.1, -0.05) is 39.8 Å². The van der Waals surface area contributed by atoms with E-state index in [1.165, 1.54) is 10.8 Å². The van der Waals surface area contributed by atoms with E-state index in [2.05, 4.69) is 27.7 Å². The fourth-order valence-electron chi connectivity index (χ4n) is 0.969. The molecule has 0 aromatic rings. The van der Waals surface area contributed by atoms with E-state index in [9.17, 15) is 8.42 Å². The van der Waals surface area contributed by atoms with Gasteiger partial charge in [-0.25, -0.2) is 8.42 Å². The highest BCUT2D eigenvalue weighted by Crippen LogP contribution is 2.05. The molecule has 0 heterocycles. The highest BCUT2D eigenvalue weighted by molar-refractivity contribution is 7.97. The standard InChI is InChI=1S/C12H22O2S/c1-11(2)7-5-9-15(13,14)10-6-8-12(3)4/h5-6,9-12H,7-8H2,1-4H3. The SMILES string of the molecule is CC(C)CC=CS(=O)(=O)C=CCC(C)C. The summed E-state index contributed by atoms with van der Waals surface area (Å²) in [6.07, 6.45) is 5.05. The van der Waals surface area contributed by atoms with Crippen molar-refractivity contribution in [2.75, 3.05) is 0 Å². The summed E-state index contributed by atoms with van der Waals surface area (Å²) in [6, 6.07) is 0. The summed E-state index contributed by atoms with van der Waals surface area (Å²) in [5, 5.41) is 2.59. The second kappa shape index (κ2) is 6.83. The van der Waals surface area contributed by atoms with E-state index in [4.69, 9.17) is 0 Å². The Bertz CT molecular complexity index is 283. The van der Waals surface area contributed by atoms with Gasteiger partial charge in [-0.2, -0.15) is 0 Å². The lowest BCUT2D eigenvalue weighted by atomic mass is 10.1. The number of allylic oxidation sites excluding steroid dienone is 2. The highest BCUT2D eigenvalue weighted by Gasteiger charge is 1.99. The summed E-state index contributed by atoms with van der Waals surface area (Å²) in [7, 11) is -3.13. The maximum atomic E-state index is 11.4. The van der Waals surface area contributed by atoms with Crippen molar-refractivity contribution in [2.45, 2.75) is 40.5 Å². The van der Waals surface area contributed by atoms with Gasteiger partial charge in [0.25, 0.3) is 0 Å². The van der Waals surface area contributed by atoms with Crippen LogP contribution >= 0.6 is 0 Å². The summed E-state index contributed by atoms with van der Waals surface area (Å²) < 4.78 is 22.8. The molecule has 0 aromatic carbocycles. The monoisotopic (exact) mass is 230 g/mol. The van der Waals surface area contributed by atoms with Crippen LogP contribution in [0.1, 0.15) is 40.5 Å². The third-order valence-corrected chi connectivity index (χ3v) is 2.93. The van der Waals surface area contributed by atoms with Crippen LogP contribution in [0.2, 0.25) is 0 Å². The van der Waals surface area contributed by atoms with E-state index in [1.807, 2.05) is 0 Å². The molecule has 0 amide bonds. The molecule has 0 saturated carbocycles. The molecule has 0 fully saturated rings. The fraction of sp³-hybridized carbons (Fsp3) is 0.667. The molecule has 88 valence electrons. The van der Waals surface area contributed by atoms with Crippen LogP contribution in [-0.4, -0.2) is 8.42 Å². The van der Waals surface area contributed by atoms with E-state index in [1.54, 1.807) is 12.2 Å². The second-order valence-electron chi connectivity index (χ2n) is 4.59. The van der Waals surface area contributed by atoms with E-state index >= 15 is 0 Å². The predicted molar refractivity (Wildman–Crippen MR) is 66.1 cm³/mol. The van der Waals surface area contributed by atoms with Gasteiger partial charge < -0.3 is 0 Å². The Morgan fingerprint density at radius 1 is 0.867 bits per heavy atom. The topological polar surface area (TPSA) is 34.1 Å². The summed E-state index contributed by atoms with van der Waals surface area (Å²) in [5.41, 5.74) is 0. The lowest BCUT2D eigenvalue weighted by molar-refractivity contribution is 0.611. The third kappa shape index (κ3) is 9.73. The van der Waals surface area contributed by atoms with Gasteiger partial charge in [0.15, 0.2) is 9.84 Å². The van der Waals surface area contributed by atoms with Gasteiger partial charge in [0.05, 0.1) is 0 Å². The first kappa shape index (κ1) is 14.4. The first-order valence-electron chi connectivity index (χ1n) is 5.41. The molecule has 0 bridgehead atoms. The molecule has 0 N–H and O–H groups in total. The minimum atomic E-state index is -3.13. The molecule has 0 spiro atoms. The van der Waals surface area contributed by atoms with Crippen molar-refractivity contribution in [3.63, 3.8) is 0 Å². The van der Waals surface area contributed by atoms with Crippen molar-refractivity contribution >= 4 is 9.84 Å². The third-order valence-electron chi connectivity index (χ3n) is 1.79. The quantitative estimate of drug-likeness (QED) is 0.699. The predicted octanol–water partition coefficient (Wildman–Crippen LogP) is 3.52. The largest absolute Gasteiger partial charge is 0.220 e. The van der Waals surface area contributed by atoms with Crippen LogP contribution < -0.4 is 0 Å². The molecule has 0 unspecified atom stereocenters. The minimum Gasteiger partial charge on any atom is -0.220 e. The van der Waals surface area contributed by atoms with Gasteiger partial charge >= 0.3 is 0 Å². The van der Waals surface area contributed by atoms with Crippen molar-refractivity contribution in [3.05, 3.63) is 23.0 Å². The Morgan fingerprint density at radius 3 is 1.47 bits per heavy atom. The summed E-state index contributed by atoms with van der Waals surface area (Å²) in [5.74, 6) is 0.993. The van der Waals surface area contributed by atoms with Crippen LogP contribution in [0.5, 0.6) is 0 Å². The van der Waals surface area contributed by atoms with Crippen LogP contribution in [0, 0.1) is 11.8 Å². The Kier molecular flexibility index (Phi) is 6.57. The van der Waals surface area contributed by atoms with Crippen molar-refractivity contribution in [3.8, 4) is 0 Å². The molecule has 15 heavy (non-hydrogen) atoms. The Hall–Kier alpha value is -0.570. The lowest BCUT2D eigenvalue weighted by Crippen LogP contribution is -1.90. The van der Waals surface area contributed by atoms with Crippen LogP contribution in [0.3, 0.4) is 0 Å². The molecule has 0 aliphatic heterocycles. The van der Waals surface area contributed by atoms with Crippen LogP contribution in [-0.2, 0) is 9.84 Å². The molecule has 0 aliphatic rings.